The highest BCUT2D eigenvalue weighted by Gasteiger charge is 2.27. The Morgan fingerprint density at radius 2 is 2.21 bits per heavy atom. The Kier molecular flexibility index (Phi) is 4.61. The fourth-order valence-corrected chi connectivity index (χ4v) is 2.54. The van der Waals surface area contributed by atoms with E-state index in [0.29, 0.717) is 17.7 Å². The van der Waals surface area contributed by atoms with E-state index >= 15 is 0 Å². The molecule has 5 heteroatoms. The molecule has 0 aromatic heterocycles. The molecule has 2 rings (SSSR count). The molecule has 0 spiro atoms. The van der Waals surface area contributed by atoms with Crippen LogP contribution in [0.4, 0.5) is 0 Å². The first kappa shape index (κ1) is 13.7. The second-order valence-corrected chi connectivity index (χ2v) is 4.56. The van der Waals surface area contributed by atoms with Crippen molar-refractivity contribution < 1.29 is 9.84 Å². The van der Waals surface area contributed by atoms with Crippen LogP contribution in [0.2, 0.25) is 0 Å². The molecule has 1 heterocycles. The van der Waals surface area contributed by atoms with Gasteiger partial charge in [-0.05, 0) is 12.1 Å². The largest absolute Gasteiger partial charge is 0.507 e. The van der Waals surface area contributed by atoms with Gasteiger partial charge in [0.1, 0.15) is 11.5 Å². The summed E-state index contributed by atoms with van der Waals surface area (Å²) >= 11 is 0. The van der Waals surface area contributed by atoms with Crippen LogP contribution in [0, 0.1) is 11.3 Å². The van der Waals surface area contributed by atoms with Gasteiger partial charge in [-0.3, -0.25) is 4.90 Å². The van der Waals surface area contributed by atoms with Crippen LogP contribution in [0.15, 0.2) is 18.2 Å². The summed E-state index contributed by atoms with van der Waals surface area (Å²) in [7, 11) is 1.58. The average molecular weight is 261 g/mol. The number of hydrogen-bond donors (Lipinski definition) is 2. The van der Waals surface area contributed by atoms with Crippen molar-refractivity contribution in [1.82, 2.24) is 10.2 Å². The lowest BCUT2D eigenvalue weighted by Crippen LogP contribution is -2.45. The van der Waals surface area contributed by atoms with E-state index < -0.39 is 0 Å². The fourth-order valence-electron chi connectivity index (χ4n) is 2.54. The highest BCUT2D eigenvalue weighted by Crippen LogP contribution is 2.38. The Balaban J connectivity index is 2.35. The van der Waals surface area contributed by atoms with E-state index in [4.69, 9.17) is 10.00 Å². The Bertz CT molecular complexity index is 464. The van der Waals surface area contributed by atoms with Crippen LogP contribution in [0.3, 0.4) is 0 Å². The van der Waals surface area contributed by atoms with Crippen molar-refractivity contribution in [2.45, 2.75) is 12.5 Å². The number of piperazine rings is 1. The third-order valence-electron chi connectivity index (χ3n) is 3.47. The number of nitriles is 1. The third kappa shape index (κ3) is 2.98. The summed E-state index contributed by atoms with van der Waals surface area (Å²) in [6.07, 6.45) is 0.341. The lowest BCUT2D eigenvalue weighted by Gasteiger charge is -2.34. The predicted octanol–water partition coefficient (Wildman–Crippen LogP) is 1.26. The maximum absolute atomic E-state index is 10.1. The summed E-state index contributed by atoms with van der Waals surface area (Å²) in [6.45, 7) is 3.53. The van der Waals surface area contributed by atoms with E-state index in [1.54, 1.807) is 19.2 Å². The normalized spacial score (nSPS) is 17.7. The van der Waals surface area contributed by atoms with Gasteiger partial charge in [-0.25, -0.2) is 0 Å². The van der Waals surface area contributed by atoms with Crippen molar-refractivity contribution in [3.05, 3.63) is 23.8 Å². The summed E-state index contributed by atoms with van der Waals surface area (Å²) in [4.78, 5) is 2.22. The number of phenols is 1. The summed E-state index contributed by atoms with van der Waals surface area (Å²) in [5.74, 6) is 0.830. The maximum Gasteiger partial charge on any atom is 0.127 e. The number of aromatic hydroxyl groups is 1. The first-order valence-corrected chi connectivity index (χ1v) is 6.45. The highest BCUT2D eigenvalue weighted by atomic mass is 16.5. The van der Waals surface area contributed by atoms with E-state index in [-0.39, 0.29) is 11.8 Å². The van der Waals surface area contributed by atoms with Crippen molar-refractivity contribution >= 4 is 0 Å². The number of hydrogen-bond acceptors (Lipinski definition) is 5. The maximum atomic E-state index is 10.1. The number of nitrogens with one attached hydrogen (secondary N) is 1. The van der Waals surface area contributed by atoms with Gasteiger partial charge in [0.2, 0.25) is 0 Å². The number of benzene rings is 1. The lowest BCUT2D eigenvalue weighted by molar-refractivity contribution is 0.170. The van der Waals surface area contributed by atoms with Gasteiger partial charge in [0.15, 0.2) is 0 Å². The minimum absolute atomic E-state index is 0.122. The van der Waals surface area contributed by atoms with E-state index in [2.05, 4.69) is 16.3 Å². The molecule has 0 unspecified atom stereocenters. The molecule has 1 aromatic rings. The minimum Gasteiger partial charge on any atom is -0.507 e. The molecule has 0 saturated carbocycles. The van der Waals surface area contributed by atoms with E-state index in [9.17, 15) is 5.11 Å². The van der Waals surface area contributed by atoms with Crippen molar-refractivity contribution in [3.63, 3.8) is 0 Å². The molecule has 1 atom stereocenters. The third-order valence-corrected chi connectivity index (χ3v) is 3.47. The predicted molar refractivity (Wildman–Crippen MR) is 72.1 cm³/mol. The molecule has 5 nitrogen and oxygen atoms in total. The molecule has 0 radical (unpaired) electrons. The van der Waals surface area contributed by atoms with Gasteiger partial charge in [-0.15, -0.1) is 0 Å². The molecule has 102 valence electrons. The zero-order valence-corrected chi connectivity index (χ0v) is 11.1. The molecule has 1 aliphatic heterocycles. The van der Waals surface area contributed by atoms with Crippen LogP contribution in [-0.2, 0) is 0 Å². The summed E-state index contributed by atoms with van der Waals surface area (Å²) in [6, 6.07) is 7.30. The zero-order chi connectivity index (χ0) is 13.7. The minimum atomic E-state index is -0.122. The number of nitrogens with zero attached hydrogens (tertiary/aromatic N) is 2. The Labute approximate surface area is 113 Å². The van der Waals surface area contributed by atoms with Gasteiger partial charge in [-0.1, -0.05) is 6.07 Å². The molecule has 1 aromatic carbocycles. The summed E-state index contributed by atoms with van der Waals surface area (Å²) < 4.78 is 5.33. The Morgan fingerprint density at radius 1 is 1.47 bits per heavy atom. The van der Waals surface area contributed by atoms with Gasteiger partial charge in [0.05, 0.1) is 31.2 Å². The molecule has 1 saturated heterocycles. The van der Waals surface area contributed by atoms with Gasteiger partial charge in [0, 0.05) is 26.2 Å². The standard InChI is InChI=1S/C14H19N3O2/c1-19-13-4-2-3-12(18)14(13)11(5-6-15)17-9-7-16-8-10-17/h2-4,11,16,18H,5,7-10H2,1H3/t11-/m1/s1. The lowest BCUT2D eigenvalue weighted by atomic mass is 9.99. The number of methoxy groups -OCH3 is 1. The van der Waals surface area contributed by atoms with E-state index in [1.165, 1.54) is 0 Å². The van der Waals surface area contributed by atoms with Crippen LogP contribution in [0.5, 0.6) is 11.5 Å². The van der Waals surface area contributed by atoms with E-state index in [0.717, 1.165) is 26.2 Å². The number of phenolic OH excluding ortho intramolecular Hbond substituents is 1. The van der Waals surface area contributed by atoms with Crippen LogP contribution in [0.1, 0.15) is 18.0 Å². The summed E-state index contributed by atoms with van der Waals surface area (Å²) in [5, 5.41) is 22.5. The number of ether oxygens (including phenoxy) is 1. The van der Waals surface area contributed by atoms with Gasteiger partial charge >= 0.3 is 0 Å². The quantitative estimate of drug-likeness (QED) is 0.854. The first-order chi connectivity index (χ1) is 9.27. The second kappa shape index (κ2) is 6.41. The Hall–Kier alpha value is -1.77. The SMILES string of the molecule is COc1cccc(O)c1[C@@H](CC#N)N1CCNCC1. The summed E-state index contributed by atoms with van der Waals surface area (Å²) in [5.41, 5.74) is 0.716. The fraction of sp³-hybridized carbons (Fsp3) is 0.500. The molecule has 1 fully saturated rings. The monoisotopic (exact) mass is 261 g/mol. The second-order valence-electron chi connectivity index (χ2n) is 4.56. The van der Waals surface area contributed by atoms with Crippen LogP contribution < -0.4 is 10.1 Å². The molecular weight excluding hydrogens is 242 g/mol. The molecule has 0 amide bonds. The molecule has 0 bridgehead atoms. The van der Waals surface area contributed by atoms with Crippen molar-refractivity contribution in [3.8, 4) is 17.6 Å². The molecular formula is C14H19N3O2. The zero-order valence-electron chi connectivity index (χ0n) is 11.1. The first-order valence-electron chi connectivity index (χ1n) is 6.45. The molecule has 2 N–H and O–H groups in total. The van der Waals surface area contributed by atoms with Gasteiger partial charge < -0.3 is 15.2 Å². The van der Waals surface area contributed by atoms with Crippen molar-refractivity contribution in [2.24, 2.45) is 0 Å². The van der Waals surface area contributed by atoms with Gasteiger partial charge in [-0.2, -0.15) is 5.26 Å². The average Bonchev–Trinajstić information content (AvgIpc) is 2.46. The van der Waals surface area contributed by atoms with Crippen LogP contribution >= 0.6 is 0 Å². The highest BCUT2D eigenvalue weighted by molar-refractivity contribution is 5.46. The van der Waals surface area contributed by atoms with Crippen molar-refractivity contribution in [2.75, 3.05) is 33.3 Å². The molecule has 1 aliphatic rings. The van der Waals surface area contributed by atoms with Crippen molar-refractivity contribution in [1.29, 1.82) is 5.26 Å². The number of rotatable bonds is 4. The van der Waals surface area contributed by atoms with Gasteiger partial charge in [0.25, 0.3) is 0 Å². The molecule has 19 heavy (non-hydrogen) atoms. The smallest absolute Gasteiger partial charge is 0.127 e. The Morgan fingerprint density at radius 3 is 2.84 bits per heavy atom. The molecule has 0 aliphatic carbocycles. The van der Waals surface area contributed by atoms with Crippen LogP contribution in [0.25, 0.3) is 0 Å². The van der Waals surface area contributed by atoms with Crippen LogP contribution in [-0.4, -0.2) is 43.3 Å². The van der Waals surface area contributed by atoms with E-state index in [1.807, 2.05) is 6.07 Å². The topological polar surface area (TPSA) is 68.5 Å².